The maximum atomic E-state index is 12.9. The first-order valence-electron chi connectivity index (χ1n) is 8.42. The number of pyridine rings is 1. The normalized spacial score (nSPS) is 13.3. The molecule has 0 amide bonds. The molecule has 2 N–H and O–H groups in total. The lowest BCUT2D eigenvalue weighted by atomic mass is 10.0. The van der Waals surface area contributed by atoms with Gasteiger partial charge in [0.15, 0.2) is 11.1 Å². The van der Waals surface area contributed by atoms with E-state index < -0.39 is 34.7 Å². The van der Waals surface area contributed by atoms with Crippen LogP contribution in [0.15, 0.2) is 58.9 Å². The Morgan fingerprint density at radius 3 is 2.38 bits per heavy atom. The predicted octanol–water partition coefficient (Wildman–Crippen LogP) is 4.60. The van der Waals surface area contributed by atoms with E-state index in [1.807, 2.05) is 0 Å². The molecule has 0 spiro atoms. The fraction of sp³-hybridized carbons (Fsp3) is 0.111. The minimum absolute atomic E-state index is 0.112. The third-order valence-corrected chi connectivity index (χ3v) is 4.62. The number of alkyl halides is 6. The number of rotatable bonds is 5. The number of anilines is 1. The summed E-state index contributed by atoms with van der Waals surface area (Å²) in [6.07, 6.45) is -6.46. The molecule has 2 aromatic heterocycles. The summed E-state index contributed by atoms with van der Waals surface area (Å²) in [4.78, 5) is 10.3. The first kappa shape index (κ1) is 23.3. The van der Waals surface area contributed by atoms with E-state index in [1.165, 1.54) is 18.3 Å². The van der Waals surface area contributed by atoms with E-state index in [4.69, 9.17) is 0 Å². The number of aromatic nitrogens is 3. The van der Waals surface area contributed by atoms with Crippen LogP contribution in [0.2, 0.25) is 0 Å². The van der Waals surface area contributed by atoms with Crippen LogP contribution >= 0.6 is 0 Å². The number of nitrogens with one attached hydrogen (secondary N) is 1. The first-order chi connectivity index (χ1) is 14.9. The van der Waals surface area contributed by atoms with Crippen molar-refractivity contribution in [2.24, 2.45) is 5.10 Å². The highest BCUT2D eigenvalue weighted by Crippen LogP contribution is 2.32. The zero-order chi connectivity index (χ0) is 23.5. The molecule has 3 aromatic rings. The molecule has 7 nitrogen and oxygen atoms in total. The molecule has 3 rings (SSSR count). The molecule has 0 saturated carbocycles. The maximum absolute atomic E-state index is 12.9. The average molecular weight is 475 g/mol. The van der Waals surface area contributed by atoms with E-state index in [9.17, 15) is 35.1 Å². The van der Waals surface area contributed by atoms with Gasteiger partial charge in [-0.05, 0) is 23.8 Å². The van der Waals surface area contributed by atoms with Gasteiger partial charge < -0.3 is 4.55 Å². The van der Waals surface area contributed by atoms with Crippen molar-refractivity contribution in [1.82, 2.24) is 15.0 Å². The molecule has 0 aliphatic rings. The molecule has 0 radical (unpaired) electrons. The largest absolute Gasteiger partial charge is 0.433 e. The molecule has 0 fully saturated rings. The van der Waals surface area contributed by atoms with Crippen molar-refractivity contribution in [3.63, 3.8) is 0 Å². The molecule has 32 heavy (non-hydrogen) atoms. The van der Waals surface area contributed by atoms with Crippen LogP contribution in [0.3, 0.4) is 0 Å². The van der Waals surface area contributed by atoms with Crippen molar-refractivity contribution in [1.29, 1.82) is 0 Å². The molecule has 0 bridgehead atoms. The molecule has 0 aliphatic carbocycles. The molecule has 168 valence electrons. The lowest BCUT2D eigenvalue weighted by Crippen LogP contribution is -2.09. The van der Waals surface area contributed by atoms with Gasteiger partial charge >= 0.3 is 12.4 Å². The second-order valence-electron chi connectivity index (χ2n) is 6.09. The van der Waals surface area contributed by atoms with E-state index in [1.54, 1.807) is 0 Å². The third kappa shape index (κ3) is 5.64. The summed E-state index contributed by atoms with van der Waals surface area (Å²) in [5, 5.41) is 3.64. The van der Waals surface area contributed by atoms with Crippen LogP contribution in [0.1, 0.15) is 17.0 Å². The summed E-state index contributed by atoms with van der Waals surface area (Å²) >= 11 is -2.59. The van der Waals surface area contributed by atoms with Crippen molar-refractivity contribution in [3.05, 3.63) is 65.9 Å². The zero-order valence-electron chi connectivity index (χ0n) is 15.5. The van der Waals surface area contributed by atoms with Crippen LogP contribution in [0, 0.1) is 0 Å². The molecule has 0 aliphatic heterocycles. The Labute approximate surface area is 178 Å². The predicted molar refractivity (Wildman–Crippen MR) is 102 cm³/mol. The Morgan fingerprint density at radius 2 is 1.72 bits per heavy atom. The van der Waals surface area contributed by atoms with Gasteiger partial charge in [0.05, 0.1) is 16.7 Å². The van der Waals surface area contributed by atoms with Crippen LogP contribution < -0.4 is 5.43 Å². The number of benzene rings is 1. The average Bonchev–Trinajstić information content (AvgIpc) is 2.73. The van der Waals surface area contributed by atoms with Crippen LogP contribution in [0.25, 0.3) is 11.1 Å². The van der Waals surface area contributed by atoms with Crippen LogP contribution in [-0.4, -0.2) is 29.9 Å². The standard InChI is InChI=1S/C18H11F6N5O2S/c19-17(20,21)12-3-1-2-10(4-12)11-5-14(32(30)31)13(25-7-11)8-28-29-16-6-15(18(22,23)24)26-9-27-16/h1-9H,(H,30,31)(H,26,27,29). The fourth-order valence-electron chi connectivity index (χ4n) is 2.46. The summed E-state index contributed by atoms with van der Waals surface area (Å²) in [5.41, 5.74) is 0.224. The van der Waals surface area contributed by atoms with Gasteiger partial charge in [-0.3, -0.25) is 10.4 Å². The lowest BCUT2D eigenvalue weighted by molar-refractivity contribution is -0.141. The van der Waals surface area contributed by atoms with Gasteiger partial charge in [0.25, 0.3) is 0 Å². The minimum atomic E-state index is -4.69. The molecule has 2 heterocycles. The minimum Gasteiger partial charge on any atom is -0.302 e. The Hall–Kier alpha value is -3.39. The highest BCUT2D eigenvalue weighted by molar-refractivity contribution is 7.79. The Balaban J connectivity index is 1.87. The molecular weight excluding hydrogens is 464 g/mol. The maximum Gasteiger partial charge on any atom is 0.433 e. The number of nitrogens with zero attached hydrogens (tertiary/aromatic N) is 4. The van der Waals surface area contributed by atoms with Gasteiger partial charge in [-0.15, -0.1) is 0 Å². The highest BCUT2D eigenvalue weighted by atomic mass is 32.2. The smallest absolute Gasteiger partial charge is 0.302 e. The molecule has 1 atom stereocenters. The first-order valence-corrected chi connectivity index (χ1v) is 9.52. The second kappa shape index (κ2) is 9.00. The number of hydrazone groups is 1. The molecule has 1 unspecified atom stereocenters. The lowest BCUT2D eigenvalue weighted by Gasteiger charge is -2.10. The molecular formula is C18H11F6N5O2S. The van der Waals surface area contributed by atoms with Gasteiger partial charge in [-0.2, -0.15) is 31.4 Å². The Morgan fingerprint density at radius 1 is 0.969 bits per heavy atom. The van der Waals surface area contributed by atoms with Crippen molar-refractivity contribution in [2.75, 3.05) is 5.43 Å². The van der Waals surface area contributed by atoms with Crippen molar-refractivity contribution >= 4 is 23.1 Å². The highest BCUT2D eigenvalue weighted by Gasteiger charge is 2.33. The summed E-state index contributed by atoms with van der Waals surface area (Å²) in [5.74, 6) is -0.296. The number of hydrogen-bond acceptors (Lipinski definition) is 6. The van der Waals surface area contributed by atoms with Gasteiger partial charge in [0.2, 0.25) is 0 Å². The molecule has 14 heteroatoms. The summed E-state index contributed by atoms with van der Waals surface area (Å²) in [7, 11) is 0. The quantitative estimate of drug-likeness (QED) is 0.242. The zero-order valence-corrected chi connectivity index (χ0v) is 16.3. The summed E-state index contributed by atoms with van der Waals surface area (Å²) in [6, 6.07) is 6.07. The third-order valence-electron chi connectivity index (χ3n) is 3.92. The van der Waals surface area contributed by atoms with Crippen LogP contribution in [0.5, 0.6) is 0 Å². The van der Waals surface area contributed by atoms with Crippen molar-refractivity contribution in [3.8, 4) is 11.1 Å². The number of halogens is 6. The van der Waals surface area contributed by atoms with Crippen molar-refractivity contribution in [2.45, 2.75) is 17.2 Å². The van der Waals surface area contributed by atoms with E-state index >= 15 is 0 Å². The van der Waals surface area contributed by atoms with Crippen LogP contribution in [0.4, 0.5) is 32.2 Å². The second-order valence-corrected chi connectivity index (χ2v) is 7.03. The Kier molecular flexibility index (Phi) is 6.55. The van der Waals surface area contributed by atoms with Gasteiger partial charge in [0.1, 0.15) is 23.5 Å². The fourth-order valence-corrected chi connectivity index (χ4v) is 2.97. The van der Waals surface area contributed by atoms with E-state index in [0.717, 1.165) is 24.4 Å². The van der Waals surface area contributed by atoms with Gasteiger partial charge in [-0.1, -0.05) is 12.1 Å². The Bertz CT molecular complexity index is 1180. The van der Waals surface area contributed by atoms with Gasteiger partial charge in [-0.25, -0.2) is 14.2 Å². The van der Waals surface area contributed by atoms with E-state index in [2.05, 4.69) is 25.5 Å². The topological polar surface area (TPSA) is 100 Å². The summed E-state index contributed by atoms with van der Waals surface area (Å²) in [6.45, 7) is 0. The monoisotopic (exact) mass is 475 g/mol. The van der Waals surface area contributed by atoms with Crippen LogP contribution in [-0.2, 0) is 23.4 Å². The van der Waals surface area contributed by atoms with E-state index in [0.29, 0.717) is 12.4 Å². The van der Waals surface area contributed by atoms with E-state index in [-0.39, 0.29) is 27.5 Å². The molecule has 0 saturated heterocycles. The number of hydrogen-bond donors (Lipinski definition) is 2. The SMILES string of the molecule is O=S(O)c1cc(-c2cccc(C(F)(F)F)c2)cnc1C=NNc1cc(C(F)(F)F)ncn1. The summed E-state index contributed by atoms with van der Waals surface area (Å²) < 4.78 is 98.0. The molecule has 1 aromatic carbocycles. The van der Waals surface area contributed by atoms with Gasteiger partial charge in [0, 0.05) is 17.8 Å². The van der Waals surface area contributed by atoms with Crippen molar-refractivity contribution < 1.29 is 35.1 Å².